The Morgan fingerprint density at radius 1 is 1.06 bits per heavy atom. The molecule has 0 radical (unpaired) electrons. The number of likely N-dealkylation sites (N-methyl/N-ethyl adjacent to an activating group) is 1. The number of rotatable bonds is 9. The highest BCUT2D eigenvalue weighted by molar-refractivity contribution is 7.80. The number of benzene rings is 2. The van der Waals surface area contributed by atoms with Gasteiger partial charge in [-0.1, -0.05) is 25.1 Å². The Morgan fingerprint density at radius 3 is 2.56 bits per heavy atom. The zero-order valence-corrected chi connectivity index (χ0v) is 20.1. The van der Waals surface area contributed by atoms with Gasteiger partial charge in [0.2, 0.25) is 0 Å². The number of para-hydroxylation sites is 1. The third-order valence-electron chi connectivity index (χ3n) is 5.31. The number of hydrogen-bond acceptors (Lipinski definition) is 4. The van der Waals surface area contributed by atoms with Crippen molar-refractivity contribution in [3.63, 3.8) is 0 Å². The number of ether oxygens (including phenoxy) is 1. The minimum absolute atomic E-state index is 0.103. The van der Waals surface area contributed by atoms with Crippen molar-refractivity contribution in [2.75, 3.05) is 39.1 Å². The number of anilines is 1. The van der Waals surface area contributed by atoms with Crippen LogP contribution in [0.2, 0.25) is 0 Å². The monoisotopic (exact) mass is 452 g/mol. The topological polar surface area (TPSA) is 60.6 Å². The lowest BCUT2D eigenvalue weighted by Crippen LogP contribution is -2.40. The first kappa shape index (κ1) is 23.8. The Balaban J connectivity index is 1.88. The number of nitrogens with zero attached hydrogens (tertiary/aromatic N) is 2. The van der Waals surface area contributed by atoms with E-state index in [2.05, 4.69) is 28.2 Å². The van der Waals surface area contributed by atoms with Crippen molar-refractivity contribution in [3.05, 3.63) is 70.0 Å². The Bertz CT molecular complexity index is 1130. The maximum atomic E-state index is 12.8. The van der Waals surface area contributed by atoms with Crippen molar-refractivity contribution in [1.29, 1.82) is 0 Å². The Hall–Kier alpha value is -2.90. The molecule has 0 aliphatic carbocycles. The van der Waals surface area contributed by atoms with Crippen LogP contribution < -0.4 is 15.6 Å². The molecular formula is C25H32N4O2S. The van der Waals surface area contributed by atoms with Crippen LogP contribution in [0.15, 0.2) is 53.3 Å². The van der Waals surface area contributed by atoms with Gasteiger partial charge in [-0.3, -0.25) is 4.79 Å². The van der Waals surface area contributed by atoms with Gasteiger partial charge in [0.25, 0.3) is 5.56 Å². The molecule has 6 nitrogen and oxygen atoms in total. The number of H-pyrrole nitrogens is 1. The van der Waals surface area contributed by atoms with Gasteiger partial charge >= 0.3 is 0 Å². The molecule has 1 heterocycles. The number of aromatic amines is 1. The molecule has 7 heteroatoms. The molecule has 2 N–H and O–H groups in total. The van der Waals surface area contributed by atoms with Gasteiger partial charge in [0.05, 0.1) is 13.2 Å². The summed E-state index contributed by atoms with van der Waals surface area (Å²) in [4.78, 5) is 20.0. The van der Waals surface area contributed by atoms with E-state index in [1.807, 2.05) is 68.4 Å². The molecule has 0 saturated carbocycles. The molecule has 0 aliphatic rings. The zero-order chi connectivity index (χ0) is 23.1. The Morgan fingerprint density at radius 2 is 1.84 bits per heavy atom. The number of aromatic nitrogens is 1. The van der Waals surface area contributed by atoms with E-state index < -0.39 is 0 Å². The minimum Gasteiger partial charge on any atom is -0.494 e. The zero-order valence-electron chi connectivity index (χ0n) is 19.3. The van der Waals surface area contributed by atoms with Gasteiger partial charge in [0.1, 0.15) is 5.75 Å². The summed E-state index contributed by atoms with van der Waals surface area (Å²) in [5.41, 5.74) is 3.56. The summed E-state index contributed by atoms with van der Waals surface area (Å²) in [6, 6.07) is 15.8. The molecule has 0 unspecified atom stereocenters. The summed E-state index contributed by atoms with van der Waals surface area (Å²) in [6.45, 7) is 6.60. The van der Waals surface area contributed by atoms with Crippen LogP contribution in [0.5, 0.6) is 5.75 Å². The van der Waals surface area contributed by atoms with Gasteiger partial charge in [-0.25, -0.2) is 0 Å². The average Bonchev–Trinajstić information content (AvgIpc) is 2.77. The van der Waals surface area contributed by atoms with Gasteiger partial charge in [0, 0.05) is 35.2 Å². The number of fused-ring (bicyclic) bond motifs is 1. The molecule has 32 heavy (non-hydrogen) atoms. The van der Waals surface area contributed by atoms with E-state index in [-0.39, 0.29) is 5.56 Å². The maximum absolute atomic E-state index is 12.8. The van der Waals surface area contributed by atoms with E-state index in [0.717, 1.165) is 35.3 Å². The predicted octanol–water partition coefficient (Wildman–Crippen LogP) is 4.25. The smallest absolute Gasteiger partial charge is 0.253 e. The van der Waals surface area contributed by atoms with Crippen LogP contribution in [0, 0.1) is 0 Å². The predicted molar refractivity (Wildman–Crippen MR) is 137 cm³/mol. The Kier molecular flexibility index (Phi) is 8.25. The van der Waals surface area contributed by atoms with Crippen LogP contribution in [-0.2, 0) is 13.0 Å². The van der Waals surface area contributed by atoms with Gasteiger partial charge in [-0.05, 0) is 75.6 Å². The molecule has 0 bridgehead atoms. The van der Waals surface area contributed by atoms with E-state index in [0.29, 0.717) is 30.4 Å². The first-order valence-electron chi connectivity index (χ1n) is 11.0. The van der Waals surface area contributed by atoms with Crippen molar-refractivity contribution in [3.8, 4) is 5.75 Å². The quantitative estimate of drug-likeness (QED) is 0.474. The molecular weight excluding hydrogens is 420 g/mol. The summed E-state index contributed by atoms with van der Waals surface area (Å²) in [5.74, 6) is 0.788. The van der Waals surface area contributed by atoms with Crippen LogP contribution in [0.25, 0.3) is 10.9 Å². The molecule has 0 amide bonds. The summed E-state index contributed by atoms with van der Waals surface area (Å²) >= 11 is 5.77. The molecule has 3 rings (SSSR count). The first-order valence-corrected chi connectivity index (χ1v) is 11.4. The summed E-state index contributed by atoms with van der Waals surface area (Å²) in [5, 5.41) is 4.94. The van der Waals surface area contributed by atoms with E-state index in [9.17, 15) is 4.79 Å². The molecule has 3 aromatic rings. The van der Waals surface area contributed by atoms with Crippen LogP contribution in [-0.4, -0.2) is 53.7 Å². The van der Waals surface area contributed by atoms with E-state index in [1.165, 1.54) is 5.56 Å². The standard InChI is InChI=1S/C25H32N4O2S/c1-5-18-9-7-8-10-22(18)27-25(32)29(14-13-28(3)4)17-20-15-19-16-21(31-6-2)11-12-23(19)26-24(20)30/h7-12,15-16H,5-6,13-14,17H2,1-4H3,(H,26,30)(H,27,32). The summed E-state index contributed by atoms with van der Waals surface area (Å²) < 4.78 is 5.62. The second-order valence-electron chi connectivity index (χ2n) is 7.97. The Labute approximate surface area is 195 Å². The van der Waals surface area contributed by atoms with Crippen molar-refractivity contribution in [2.24, 2.45) is 0 Å². The van der Waals surface area contributed by atoms with Crippen molar-refractivity contribution in [2.45, 2.75) is 26.8 Å². The summed E-state index contributed by atoms with van der Waals surface area (Å²) in [6.07, 6.45) is 0.913. The fourth-order valence-corrected chi connectivity index (χ4v) is 3.79. The third-order valence-corrected chi connectivity index (χ3v) is 5.67. The van der Waals surface area contributed by atoms with E-state index in [1.54, 1.807) is 0 Å². The number of thiocarbonyl (C=S) groups is 1. The third kappa shape index (κ3) is 6.08. The van der Waals surface area contributed by atoms with Crippen LogP contribution in [0.3, 0.4) is 0 Å². The van der Waals surface area contributed by atoms with Crippen molar-refractivity contribution >= 4 is 33.9 Å². The number of aryl methyl sites for hydroxylation is 1. The molecule has 0 fully saturated rings. The van der Waals surface area contributed by atoms with E-state index >= 15 is 0 Å². The molecule has 0 atom stereocenters. The SMILES string of the molecule is CCOc1ccc2[nH]c(=O)c(CN(CCN(C)C)C(=S)Nc3ccccc3CC)cc2c1. The normalized spacial score (nSPS) is 11.0. The first-order chi connectivity index (χ1) is 15.4. The second-order valence-corrected chi connectivity index (χ2v) is 8.36. The fourth-order valence-electron chi connectivity index (χ4n) is 3.53. The van der Waals surface area contributed by atoms with Gasteiger partial charge in [-0.15, -0.1) is 0 Å². The lowest BCUT2D eigenvalue weighted by atomic mass is 10.1. The number of hydrogen-bond donors (Lipinski definition) is 2. The highest BCUT2D eigenvalue weighted by Crippen LogP contribution is 2.20. The lowest BCUT2D eigenvalue weighted by molar-refractivity contribution is 0.327. The van der Waals surface area contributed by atoms with Crippen LogP contribution >= 0.6 is 12.2 Å². The van der Waals surface area contributed by atoms with Gasteiger partial charge < -0.3 is 24.8 Å². The molecule has 0 spiro atoms. The highest BCUT2D eigenvalue weighted by Gasteiger charge is 2.15. The molecule has 1 aromatic heterocycles. The van der Waals surface area contributed by atoms with Gasteiger partial charge in [-0.2, -0.15) is 0 Å². The van der Waals surface area contributed by atoms with Crippen molar-refractivity contribution < 1.29 is 4.74 Å². The summed E-state index contributed by atoms with van der Waals surface area (Å²) in [7, 11) is 4.05. The average molecular weight is 453 g/mol. The van der Waals surface area contributed by atoms with Crippen molar-refractivity contribution in [1.82, 2.24) is 14.8 Å². The van der Waals surface area contributed by atoms with Crippen LogP contribution in [0.4, 0.5) is 5.69 Å². The number of pyridine rings is 1. The molecule has 0 aliphatic heterocycles. The fraction of sp³-hybridized carbons (Fsp3) is 0.360. The largest absolute Gasteiger partial charge is 0.494 e. The highest BCUT2D eigenvalue weighted by atomic mass is 32.1. The molecule has 2 aromatic carbocycles. The minimum atomic E-state index is -0.103. The maximum Gasteiger partial charge on any atom is 0.253 e. The lowest BCUT2D eigenvalue weighted by Gasteiger charge is -2.27. The number of nitrogens with one attached hydrogen (secondary N) is 2. The van der Waals surface area contributed by atoms with E-state index in [4.69, 9.17) is 17.0 Å². The van der Waals surface area contributed by atoms with Crippen LogP contribution in [0.1, 0.15) is 25.0 Å². The second kappa shape index (κ2) is 11.1. The van der Waals surface area contributed by atoms with Gasteiger partial charge in [0.15, 0.2) is 5.11 Å². The molecule has 170 valence electrons. The molecule has 0 saturated heterocycles.